The van der Waals surface area contributed by atoms with E-state index >= 15 is 0 Å². The van der Waals surface area contributed by atoms with E-state index in [1.807, 2.05) is 24.3 Å². The van der Waals surface area contributed by atoms with Crippen molar-refractivity contribution < 1.29 is 4.74 Å². The topological polar surface area (TPSA) is 43.2 Å². The van der Waals surface area contributed by atoms with E-state index in [-0.39, 0.29) is 6.04 Å². The number of aromatic nitrogens is 3. The maximum Gasteiger partial charge on any atom is 0.196 e. The van der Waals surface area contributed by atoms with Crippen LogP contribution in [-0.2, 0) is 5.75 Å². The Morgan fingerprint density at radius 2 is 1.70 bits per heavy atom. The molecule has 3 aromatic rings. The van der Waals surface area contributed by atoms with Crippen molar-refractivity contribution in [3.8, 4) is 11.4 Å². The van der Waals surface area contributed by atoms with Crippen LogP contribution in [0.3, 0.4) is 0 Å². The maximum absolute atomic E-state index is 6.02. The van der Waals surface area contributed by atoms with Gasteiger partial charge in [0, 0.05) is 16.5 Å². The van der Waals surface area contributed by atoms with E-state index < -0.39 is 0 Å². The molecule has 7 heteroatoms. The van der Waals surface area contributed by atoms with Gasteiger partial charge in [-0.15, -0.1) is 10.2 Å². The van der Waals surface area contributed by atoms with Gasteiger partial charge in [0.1, 0.15) is 5.75 Å². The van der Waals surface area contributed by atoms with Crippen LogP contribution >= 0.6 is 23.4 Å². The lowest BCUT2D eigenvalue weighted by atomic mass is 10.1. The smallest absolute Gasteiger partial charge is 0.196 e. The summed E-state index contributed by atoms with van der Waals surface area (Å²) in [5.74, 6) is 2.64. The molecule has 0 radical (unpaired) electrons. The minimum absolute atomic E-state index is 0.213. The van der Waals surface area contributed by atoms with Gasteiger partial charge >= 0.3 is 0 Å². The molecule has 0 bridgehead atoms. The molecule has 1 fully saturated rings. The van der Waals surface area contributed by atoms with Crippen LogP contribution in [-0.4, -0.2) is 39.9 Å². The molecule has 0 saturated carbocycles. The molecule has 0 amide bonds. The van der Waals surface area contributed by atoms with Gasteiger partial charge in [-0.05, 0) is 74.8 Å². The zero-order valence-electron chi connectivity index (χ0n) is 17.4. The maximum atomic E-state index is 6.02. The van der Waals surface area contributed by atoms with Crippen LogP contribution < -0.4 is 4.74 Å². The van der Waals surface area contributed by atoms with Gasteiger partial charge in [0.2, 0.25) is 0 Å². The number of hydrogen-bond acceptors (Lipinski definition) is 5. The largest absolute Gasteiger partial charge is 0.497 e. The van der Waals surface area contributed by atoms with Gasteiger partial charge in [0.05, 0.1) is 13.2 Å². The number of benzene rings is 2. The number of methoxy groups -OCH3 is 1. The van der Waals surface area contributed by atoms with Gasteiger partial charge in [-0.25, -0.2) is 0 Å². The van der Waals surface area contributed by atoms with E-state index in [4.69, 9.17) is 16.3 Å². The molecule has 158 valence electrons. The van der Waals surface area contributed by atoms with E-state index in [0.717, 1.165) is 46.3 Å². The summed E-state index contributed by atoms with van der Waals surface area (Å²) in [6.45, 7) is 4.47. The van der Waals surface area contributed by atoms with Crippen molar-refractivity contribution in [3.63, 3.8) is 0 Å². The Bertz CT molecular complexity index is 952. The number of hydrogen-bond donors (Lipinski definition) is 0. The summed E-state index contributed by atoms with van der Waals surface area (Å²) in [5, 5.41) is 10.9. The van der Waals surface area contributed by atoms with Crippen LogP contribution in [0.4, 0.5) is 0 Å². The lowest BCUT2D eigenvalue weighted by Gasteiger charge is -2.31. The number of thioether (sulfide) groups is 1. The summed E-state index contributed by atoms with van der Waals surface area (Å²) in [6, 6.07) is 16.3. The van der Waals surface area contributed by atoms with Crippen molar-refractivity contribution in [1.29, 1.82) is 0 Å². The Balaban J connectivity index is 1.64. The minimum atomic E-state index is 0.213. The fourth-order valence-electron chi connectivity index (χ4n) is 3.82. The molecule has 5 nitrogen and oxygen atoms in total. The van der Waals surface area contributed by atoms with E-state index in [9.17, 15) is 0 Å². The van der Waals surface area contributed by atoms with Crippen LogP contribution in [0.25, 0.3) is 5.69 Å². The molecule has 1 aromatic heterocycles. The summed E-state index contributed by atoms with van der Waals surface area (Å²) < 4.78 is 7.53. The summed E-state index contributed by atoms with van der Waals surface area (Å²) >= 11 is 7.71. The first-order valence-electron chi connectivity index (χ1n) is 10.4. The third-order valence-corrected chi connectivity index (χ3v) is 6.83. The van der Waals surface area contributed by atoms with Gasteiger partial charge in [0.15, 0.2) is 11.0 Å². The molecule has 2 heterocycles. The van der Waals surface area contributed by atoms with Crippen molar-refractivity contribution in [3.05, 3.63) is 64.9 Å². The Morgan fingerprint density at radius 1 is 1.00 bits per heavy atom. The first-order chi connectivity index (χ1) is 14.7. The van der Waals surface area contributed by atoms with Crippen LogP contribution in [0.1, 0.15) is 43.6 Å². The van der Waals surface area contributed by atoms with Crippen molar-refractivity contribution in [1.82, 2.24) is 19.7 Å². The molecule has 2 aromatic carbocycles. The van der Waals surface area contributed by atoms with Crippen molar-refractivity contribution >= 4 is 23.4 Å². The molecule has 4 rings (SSSR count). The van der Waals surface area contributed by atoms with Crippen LogP contribution in [0.2, 0.25) is 5.02 Å². The highest BCUT2D eigenvalue weighted by Gasteiger charge is 2.25. The molecule has 0 aliphatic carbocycles. The Morgan fingerprint density at radius 3 is 2.37 bits per heavy atom. The lowest BCUT2D eigenvalue weighted by molar-refractivity contribution is 0.167. The number of likely N-dealkylation sites (tertiary alicyclic amines) is 1. The normalized spacial score (nSPS) is 15.8. The third kappa shape index (κ3) is 4.82. The average Bonchev–Trinajstić information content (AvgIpc) is 3.22. The van der Waals surface area contributed by atoms with Gasteiger partial charge in [-0.2, -0.15) is 0 Å². The molecule has 0 spiro atoms. The number of rotatable bonds is 7. The predicted octanol–water partition coefficient (Wildman–Crippen LogP) is 5.77. The highest BCUT2D eigenvalue weighted by Crippen LogP contribution is 2.31. The predicted molar refractivity (Wildman–Crippen MR) is 123 cm³/mol. The van der Waals surface area contributed by atoms with Gasteiger partial charge < -0.3 is 4.74 Å². The van der Waals surface area contributed by atoms with Crippen molar-refractivity contribution in [2.45, 2.75) is 43.1 Å². The molecule has 1 saturated heterocycles. The number of halogens is 1. The van der Waals surface area contributed by atoms with E-state index in [0.29, 0.717) is 0 Å². The van der Waals surface area contributed by atoms with Crippen molar-refractivity contribution in [2.24, 2.45) is 0 Å². The second-order valence-corrected chi connectivity index (χ2v) is 8.94. The first-order valence-corrected chi connectivity index (χ1v) is 11.7. The molecule has 1 atom stereocenters. The summed E-state index contributed by atoms with van der Waals surface area (Å²) in [6.07, 6.45) is 3.81. The number of piperidine rings is 1. The number of nitrogens with zero attached hydrogens (tertiary/aromatic N) is 4. The highest BCUT2D eigenvalue weighted by molar-refractivity contribution is 7.98. The molecular formula is C23H27ClN4OS. The molecule has 1 unspecified atom stereocenters. The van der Waals surface area contributed by atoms with Crippen molar-refractivity contribution in [2.75, 3.05) is 20.2 Å². The van der Waals surface area contributed by atoms with E-state index in [2.05, 4.69) is 50.9 Å². The zero-order chi connectivity index (χ0) is 20.9. The van der Waals surface area contributed by atoms with Crippen LogP contribution in [0.5, 0.6) is 5.75 Å². The first kappa shape index (κ1) is 21.2. The highest BCUT2D eigenvalue weighted by atomic mass is 35.5. The fourth-order valence-corrected chi connectivity index (χ4v) is 4.86. The SMILES string of the molecule is COc1ccc(-n2c(SCc3ccc(Cl)cc3)nnc2C(C)N2CCCCC2)cc1. The molecule has 1 aliphatic rings. The molecular weight excluding hydrogens is 416 g/mol. The van der Waals surface area contributed by atoms with Gasteiger partial charge in [-0.3, -0.25) is 9.47 Å². The van der Waals surface area contributed by atoms with Crippen LogP contribution in [0.15, 0.2) is 53.7 Å². The number of ether oxygens (including phenoxy) is 1. The van der Waals surface area contributed by atoms with E-state index in [1.54, 1.807) is 18.9 Å². The summed E-state index contributed by atoms with van der Waals surface area (Å²) in [4.78, 5) is 2.52. The quantitative estimate of drug-likeness (QED) is 0.434. The summed E-state index contributed by atoms with van der Waals surface area (Å²) in [7, 11) is 1.69. The summed E-state index contributed by atoms with van der Waals surface area (Å²) in [5.41, 5.74) is 2.26. The molecule has 1 aliphatic heterocycles. The Hall–Kier alpha value is -2.02. The zero-order valence-corrected chi connectivity index (χ0v) is 19.0. The Kier molecular flexibility index (Phi) is 6.97. The minimum Gasteiger partial charge on any atom is -0.497 e. The van der Waals surface area contributed by atoms with E-state index in [1.165, 1.54) is 24.8 Å². The standard InChI is InChI=1S/C23H27ClN4OS/c1-17(27-14-4-3-5-15-27)22-25-26-23(30-16-18-6-8-19(24)9-7-18)28(22)20-10-12-21(29-2)13-11-20/h6-13,17H,3-5,14-16H2,1-2H3. The third-order valence-electron chi connectivity index (χ3n) is 5.58. The van der Waals surface area contributed by atoms with Gasteiger partial charge in [0.25, 0.3) is 0 Å². The monoisotopic (exact) mass is 442 g/mol. The second kappa shape index (κ2) is 9.86. The molecule has 0 N–H and O–H groups in total. The molecule has 30 heavy (non-hydrogen) atoms. The van der Waals surface area contributed by atoms with Crippen LogP contribution in [0, 0.1) is 0 Å². The second-order valence-electron chi connectivity index (χ2n) is 7.56. The average molecular weight is 443 g/mol. The lowest BCUT2D eigenvalue weighted by Crippen LogP contribution is -2.33. The Labute approximate surface area is 187 Å². The fraction of sp³-hybridized carbons (Fsp3) is 0.391. The van der Waals surface area contributed by atoms with Gasteiger partial charge in [-0.1, -0.05) is 41.9 Å².